The lowest BCUT2D eigenvalue weighted by atomic mass is 9.82. The number of hydrogen-bond acceptors (Lipinski definition) is 3. The standard InChI is InChI=1S/C13H22N2S/c1-13(2,3)12(11-4-9-16-10-11)15-7-5-14-6-8-15/h4,9-10,12,14H,5-8H2,1-3H3/t12-/m0/s1. The molecule has 3 heteroatoms. The summed E-state index contributed by atoms with van der Waals surface area (Å²) in [6.07, 6.45) is 0. The first-order valence-corrected chi connectivity index (χ1v) is 7.00. The SMILES string of the molecule is CC(C)(C)[C@H](c1ccsc1)N1CCNCC1. The van der Waals surface area contributed by atoms with E-state index in [4.69, 9.17) is 0 Å². The second-order valence-electron chi connectivity index (χ2n) is 5.61. The predicted octanol–water partition coefficient (Wildman–Crippen LogP) is 2.74. The second-order valence-corrected chi connectivity index (χ2v) is 6.39. The van der Waals surface area contributed by atoms with Crippen LogP contribution < -0.4 is 5.32 Å². The van der Waals surface area contributed by atoms with E-state index >= 15 is 0 Å². The van der Waals surface area contributed by atoms with E-state index in [-0.39, 0.29) is 0 Å². The topological polar surface area (TPSA) is 15.3 Å². The zero-order chi connectivity index (χ0) is 11.6. The zero-order valence-electron chi connectivity index (χ0n) is 10.5. The summed E-state index contributed by atoms with van der Waals surface area (Å²) in [5.74, 6) is 0. The quantitative estimate of drug-likeness (QED) is 0.852. The normalized spacial score (nSPS) is 20.9. The van der Waals surface area contributed by atoms with Gasteiger partial charge in [-0.25, -0.2) is 0 Å². The molecular weight excluding hydrogens is 216 g/mol. The summed E-state index contributed by atoms with van der Waals surface area (Å²) < 4.78 is 0. The molecule has 90 valence electrons. The van der Waals surface area contributed by atoms with Crippen molar-refractivity contribution in [3.63, 3.8) is 0 Å². The minimum atomic E-state index is 0.304. The van der Waals surface area contributed by atoms with Crippen LogP contribution in [0.5, 0.6) is 0 Å². The molecule has 1 aliphatic rings. The third-order valence-corrected chi connectivity index (χ3v) is 3.90. The molecule has 2 heterocycles. The lowest BCUT2D eigenvalue weighted by Crippen LogP contribution is -2.48. The summed E-state index contributed by atoms with van der Waals surface area (Å²) in [5, 5.41) is 7.92. The molecule has 1 aromatic rings. The lowest BCUT2D eigenvalue weighted by Gasteiger charge is -2.42. The van der Waals surface area contributed by atoms with Gasteiger partial charge in [0.2, 0.25) is 0 Å². The van der Waals surface area contributed by atoms with E-state index in [0.29, 0.717) is 11.5 Å². The molecule has 1 aromatic heterocycles. The van der Waals surface area contributed by atoms with Crippen molar-refractivity contribution in [2.45, 2.75) is 26.8 Å². The lowest BCUT2D eigenvalue weighted by molar-refractivity contribution is 0.0865. The van der Waals surface area contributed by atoms with E-state index in [1.807, 2.05) is 0 Å². The Bertz CT molecular complexity index is 307. The maximum Gasteiger partial charge on any atom is 0.0405 e. The summed E-state index contributed by atoms with van der Waals surface area (Å²) in [4.78, 5) is 2.62. The van der Waals surface area contributed by atoms with Gasteiger partial charge in [-0.15, -0.1) is 0 Å². The van der Waals surface area contributed by atoms with Crippen LogP contribution in [0, 0.1) is 5.41 Å². The van der Waals surface area contributed by atoms with Gasteiger partial charge in [-0.3, -0.25) is 4.90 Å². The monoisotopic (exact) mass is 238 g/mol. The van der Waals surface area contributed by atoms with Crippen molar-refractivity contribution >= 4 is 11.3 Å². The molecule has 0 aliphatic carbocycles. The molecule has 0 amide bonds. The van der Waals surface area contributed by atoms with Crippen LogP contribution >= 0.6 is 11.3 Å². The summed E-state index contributed by atoms with van der Waals surface area (Å²) in [5.41, 5.74) is 1.79. The molecule has 0 radical (unpaired) electrons. The van der Waals surface area contributed by atoms with E-state index in [1.54, 1.807) is 11.3 Å². The molecule has 0 unspecified atom stereocenters. The molecule has 1 saturated heterocycles. The summed E-state index contributed by atoms with van der Waals surface area (Å²) >= 11 is 1.81. The van der Waals surface area contributed by atoms with Crippen molar-refractivity contribution in [2.24, 2.45) is 5.41 Å². The molecule has 2 nitrogen and oxygen atoms in total. The second kappa shape index (κ2) is 4.86. The third kappa shape index (κ3) is 2.65. The Morgan fingerprint density at radius 2 is 2.00 bits per heavy atom. The number of piperazine rings is 1. The first-order chi connectivity index (χ1) is 7.59. The van der Waals surface area contributed by atoms with Gasteiger partial charge in [0.25, 0.3) is 0 Å². The van der Waals surface area contributed by atoms with Crippen LogP contribution in [-0.2, 0) is 0 Å². The largest absolute Gasteiger partial charge is 0.314 e. The first-order valence-electron chi connectivity index (χ1n) is 6.06. The van der Waals surface area contributed by atoms with E-state index in [0.717, 1.165) is 26.2 Å². The molecule has 0 bridgehead atoms. The van der Waals surface area contributed by atoms with E-state index in [1.165, 1.54) is 5.56 Å². The molecule has 1 fully saturated rings. The highest BCUT2D eigenvalue weighted by Gasteiger charge is 2.32. The third-order valence-electron chi connectivity index (χ3n) is 3.20. The van der Waals surface area contributed by atoms with E-state index < -0.39 is 0 Å². The highest BCUT2D eigenvalue weighted by molar-refractivity contribution is 7.07. The average Bonchev–Trinajstić information content (AvgIpc) is 2.71. The van der Waals surface area contributed by atoms with Crippen molar-refractivity contribution in [1.29, 1.82) is 0 Å². The predicted molar refractivity (Wildman–Crippen MR) is 71.0 cm³/mol. The molecular formula is C13H22N2S. The zero-order valence-corrected chi connectivity index (χ0v) is 11.3. The number of nitrogens with one attached hydrogen (secondary N) is 1. The Morgan fingerprint density at radius 1 is 1.31 bits per heavy atom. The fourth-order valence-electron chi connectivity index (χ4n) is 2.63. The Hall–Kier alpha value is -0.380. The van der Waals surface area contributed by atoms with Crippen LogP contribution in [0.15, 0.2) is 16.8 Å². The summed E-state index contributed by atoms with van der Waals surface area (Å²) in [6.45, 7) is 11.6. The number of rotatable bonds is 2. The molecule has 0 spiro atoms. The van der Waals surface area contributed by atoms with Crippen LogP contribution in [0.25, 0.3) is 0 Å². The Morgan fingerprint density at radius 3 is 2.50 bits per heavy atom. The van der Waals surface area contributed by atoms with Gasteiger partial charge in [0.1, 0.15) is 0 Å². The number of hydrogen-bond donors (Lipinski definition) is 1. The van der Waals surface area contributed by atoms with Gasteiger partial charge in [0.15, 0.2) is 0 Å². The molecule has 1 N–H and O–H groups in total. The van der Waals surface area contributed by atoms with Gasteiger partial charge in [0, 0.05) is 32.2 Å². The van der Waals surface area contributed by atoms with Crippen molar-refractivity contribution in [2.75, 3.05) is 26.2 Å². The first kappa shape index (κ1) is 12.1. The van der Waals surface area contributed by atoms with Gasteiger partial charge in [0.05, 0.1) is 0 Å². The Labute approximate surface area is 103 Å². The highest BCUT2D eigenvalue weighted by atomic mass is 32.1. The summed E-state index contributed by atoms with van der Waals surface area (Å²) in [6, 6.07) is 2.84. The molecule has 1 atom stereocenters. The minimum Gasteiger partial charge on any atom is -0.314 e. The Kier molecular flexibility index (Phi) is 3.67. The molecule has 16 heavy (non-hydrogen) atoms. The van der Waals surface area contributed by atoms with Crippen LogP contribution in [0.3, 0.4) is 0 Å². The van der Waals surface area contributed by atoms with Gasteiger partial charge in [-0.05, 0) is 27.8 Å². The van der Waals surface area contributed by atoms with Gasteiger partial charge >= 0.3 is 0 Å². The molecule has 0 saturated carbocycles. The maximum absolute atomic E-state index is 3.43. The van der Waals surface area contributed by atoms with E-state index in [2.05, 4.69) is 47.8 Å². The fourth-order valence-corrected chi connectivity index (χ4v) is 3.31. The Balaban J connectivity index is 2.21. The van der Waals surface area contributed by atoms with Crippen LogP contribution in [0.1, 0.15) is 32.4 Å². The van der Waals surface area contributed by atoms with E-state index in [9.17, 15) is 0 Å². The van der Waals surface area contributed by atoms with Crippen LogP contribution in [-0.4, -0.2) is 31.1 Å². The fraction of sp³-hybridized carbons (Fsp3) is 0.692. The van der Waals surface area contributed by atoms with Crippen molar-refractivity contribution < 1.29 is 0 Å². The van der Waals surface area contributed by atoms with Gasteiger partial charge < -0.3 is 5.32 Å². The van der Waals surface area contributed by atoms with Crippen LogP contribution in [0.2, 0.25) is 0 Å². The van der Waals surface area contributed by atoms with Crippen LogP contribution in [0.4, 0.5) is 0 Å². The minimum absolute atomic E-state index is 0.304. The maximum atomic E-state index is 3.43. The smallest absolute Gasteiger partial charge is 0.0405 e. The number of thiophene rings is 1. The molecule has 1 aliphatic heterocycles. The summed E-state index contributed by atoms with van der Waals surface area (Å²) in [7, 11) is 0. The molecule has 0 aromatic carbocycles. The van der Waals surface area contributed by atoms with Crippen molar-refractivity contribution in [3.8, 4) is 0 Å². The highest BCUT2D eigenvalue weighted by Crippen LogP contribution is 2.38. The van der Waals surface area contributed by atoms with Crippen molar-refractivity contribution in [3.05, 3.63) is 22.4 Å². The average molecular weight is 238 g/mol. The molecule has 2 rings (SSSR count). The van der Waals surface area contributed by atoms with Crippen molar-refractivity contribution in [1.82, 2.24) is 10.2 Å². The number of nitrogens with zero attached hydrogens (tertiary/aromatic N) is 1. The van der Waals surface area contributed by atoms with Gasteiger partial charge in [-0.1, -0.05) is 20.8 Å². The van der Waals surface area contributed by atoms with Gasteiger partial charge in [-0.2, -0.15) is 11.3 Å².